The van der Waals surface area contributed by atoms with Crippen molar-refractivity contribution >= 4 is 10.1 Å². The van der Waals surface area contributed by atoms with Crippen LogP contribution in [0.5, 0.6) is 5.75 Å². The zero-order valence-corrected chi connectivity index (χ0v) is 7.05. The molecule has 0 heterocycles. The van der Waals surface area contributed by atoms with Crippen molar-refractivity contribution in [2.45, 2.75) is 4.90 Å². The van der Waals surface area contributed by atoms with Crippen molar-refractivity contribution in [3.05, 3.63) is 24.3 Å². The van der Waals surface area contributed by atoms with Gasteiger partial charge in [-0.05, 0) is 6.07 Å². The van der Waals surface area contributed by atoms with E-state index in [9.17, 15) is 8.42 Å². The Labute approximate surface area is 70.5 Å². The Kier molecular flexibility index (Phi) is 2.35. The molecule has 0 unspecified atom stereocenters. The second kappa shape index (κ2) is 3.12. The van der Waals surface area contributed by atoms with Crippen LogP contribution in [-0.2, 0) is 10.1 Å². The predicted molar refractivity (Wildman–Crippen MR) is 40.5 cm³/mol. The Morgan fingerprint density at radius 3 is 2.67 bits per heavy atom. The standard InChI is InChI=1S/C7H6O4S/c1-11-6-3-2-4-7(5-6)12(8,9)10/h2,5H,1H3,(H,8,9,10). The van der Waals surface area contributed by atoms with E-state index in [-0.39, 0.29) is 10.6 Å². The van der Waals surface area contributed by atoms with E-state index in [1.807, 2.05) is 0 Å². The molecule has 5 heteroatoms. The number of rotatable bonds is 2. The molecule has 64 valence electrons. The van der Waals surface area contributed by atoms with E-state index in [4.69, 9.17) is 9.29 Å². The van der Waals surface area contributed by atoms with Crippen LogP contribution < -0.4 is 4.74 Å². The number of benzene rings is 1. The topological polar surface area (TPSA) is 63.6 Å². The highest BCUT2D eigenvalue weighted by Gasteiger charge is 2.09. The van der Waals surface area contributed by atoms with Crippen molar-refractivity contribution in [3.8, 4) is 5.75 Å². The Morgan fingerprint density at radius 1 is 1.50 bits per heavy atom. The van der Waals surface area contributed by atoms with Gasteiger partial charge in [-0.2, -0.15) is 8.42 Å². The molecule has 2 radical (unpaired) electrons. The van der Waals surface area contributed by atoms with Crippen LogP contribution >= 0.6 is 0 Å². The second-order valence-corrected chi connectivity index (χ2v) is 3.38. The van der Waals surface area contributed by atoms with Crippen molar-refractivity contribution < 1.29 is 17.7 Å². The monoisotopic (exact) mass is 186 g/mol. The van der Waals surface area contributed by atoms with Gasteiger partial charge in [0.2, 0.25) is 0 Å². The molecule has 0 aromatic heterocycles. The summed E-state index contributed by atoms with van der Waals surface area (Å²) in [5.41, 5.74) is 0. The van der Waals surface area contributed by atoms with E-state index < -0.39 is 10.1 Å². The van der Waals surface area contributed by atoms with Crippen LogP contribution in [0, 0.1) is 12.1 Å². The first-order valence-electron chi connectivity index (χ1n) is 2.99. The van der Waals surface area contributed by atoms with Gasteiger partial charge in [0, 0.05) is 18.2 Å². The van der Waals surface area contributed by atoms with Gasteiger partial charge in [-0.25, -0.2) is 0 Å². The molecule has 0 aliphatic carbocycles. The Hall–Kier alpha value is -1.07. The average molecular weight is 186 g/mol. The minimum Gasteiger partial charge on any atom is -0.496 e. The molecular weight excluding hydrogens is 180 g/mol. The van der Waals surface area contributed by atoms with Gasteiger partial charge in [-0.1, -0.05) is 0 Å². The highest BCUT2D eigenvalue weighted by atomic mass is 32.2. The molecule has 1 aromatic rings. The van der Waals surface area contributed by atoms with Crippen LogP contribution in [-0.4, -0.2) is 20.1 Å². The summed E-state index contributed by atoms with van der Waals surface area (Å²) in [4.78, 5) is -0.321. The third-order valence-electron chi connectivity index (χ3n) is 1.19. The lowest BCUT2D eigenvalue weighted by molar-refractivity contribution is 0.411. The van der Waals surface area contributed by atoms with E-state index >= 15 is 0 Å². The van der Waals surface area contributed by atoms with E-state index in [1.54, 1.807) is 0 Å². The van der Waals surface area contributed by atoms with Crippen LogP contribution in [0.4, 0.5) is 0 Å². The summed E-state index contributed by atoms with van der Waals surface area (Å²) in [5, 5.41) is 0. The lowest BCUT2D eigenvalue weighted by Crippen LogP contribution is -1.98. The zero-order valence-electron chi connectivity index (χ0n) is 6.23. The van der Waals surface area contributed by atoms with Gasteiger partial charge >= 0.3 is 0 Å². The molecule has 1 aromatic carbocycles. The molecule has 0 atom stereocenters. The number of methoxy groups -OCH3 is 1. The summed E-state index contributed by atoms with van der Waals surface area (Å²) in [6.45, 7) is 0. The van der Waals surface area contributed by atoms with Crippen LogP contribution in [0.25, 0.3) is 0 Å². The van der Waals surface area contributed by atoms with E-state index in [1.165, 1.54) is 13.2 Å². The molecule has 1 rings (SSSR count). The maximum absolute atomic E-state index is 10.6. The summed E-state index contributed by atoms with van der Waals surface area (Å²) in [6, 6.07) is 7.26. The zero-order chi connectivity index (χ0) is 9.19. The lowest BCUT2D eigenvalue weighted by atomic mass is 10.3. The highest BCUT2D eigenvalue weighted by Crippen LogP contribution is 2.14. The van der Waals surface area contributed by atoms with Crippen LogP contribution in [0.15, 0.2) is 17.0 Å². The maximum Gasteiger partial charge on any atom is 0.295 e. The molecule has 4 nitrogen and oxygen atoms in total. The molecular formula is C7H6O4S. The van der Waals surface area contributed by atoms with E-state index in [0.29, 0.717) is 0 Å². The van der Waals surface area contributed by atoms with Crippen molar-refractivity contribution in [2.75, 3.05) is 7.11 Å². The first-order chi connectivity index (χ1) is 5.54. The Balaban J connectivity index is 3.20. The molecule has 0 amide bonds. The normalized spacial score (nSPS) is 11.2. The van der Waals surface area contributed by atoms with Gasteiger partial charge in [0.05, 0.1) is 7.11 Å². The van der Waals surface area contributed by atoms with Crippen molar-refractivity contribution in [1.29, 1.82) is 0 Å². The molecule has 0 bridgehead atoms. The molecule has 12 heavy (non-hydrogen) atoms. The third kappa shape index (κ3) is 1.96. The molecule has 0 saturated carbocycles. The second-order valence-electron chi connectivity index (χ2n) is 1.99. The number of ether oxygens (including phenoxy) is 1. The van der Waals surface area contributed by atoms with Gasteiger partial charge in [-0.15, -0.1) is 0 Å². The highest BCUT2D eigenvalue weighted by molar-refractivity contribution is 7.85. The van der Waals surface area contributed by atoms with Crippen LogP contribution in [0.1, 0.15) is 0 Å². The smallest absolute Gasteiger partial charge is 0.295 e. The third-order valence-corrected chi connectivity index (χ3v) is 1.98. The molecule has 0 saturated heterocycles. The maximum atomic E-state index is 10.6. The summed E-state index contributed by atoms with van der Waals surface area (Å²) >= 11 is 0. The fraction of sp³-hybridized carbons (Fsp3) is 0.143. The molecule has 0 aliphatic heterocycles. The van der Waals surface area contributed by atoms with Crippen LogP contribution in [0.3, 0.4) is 0 Å². The first-order valence-corrected chi connectivity index (χ1v) is 4.43. The summed E-state index contributed by atoms with van der Waals surface area (Å²) in [5.74, 6) is 0.237. The number of hydrogen-bond acceptors (Lipinski definition) is 3. The van der Waals surface area contributed by atoms with Crippen molar-refractivity contribution in [2.24, 2.45) is 0 Å². The Morgan fingerprint density at radius 2 is 2.17 bits per heavy atom. The first kappa shape index (κ1) is 9.02. The van der Waals surface area contributed by atoms with Gasteiger partial charge in [0.25, 0.3) is 10.1 Å². The van der Waals surface area contributed by atoms with Crippen molar-refractivity contribution in [3.63, 3.8) is 0 Å². The minimum atomic E-state index is -4.19. The fourth-order valence-corrected chi connectivity index (χ4v) is 1.11. The fourth-order valence-electron chi connectivity index (χ4n) is 0.648. The molecule has 1 N–H and O–H groups in total. The largest absolute Gasteiger partial charge is 0.496 e. The van der Waals surface area contributed by atoms with E-state index in [0.717, 1.165) is 6.07 Å². The molecule has 0 aliphatic rings. The summed E-state index contributed by atoms with van der Waals surface area (Å²) < 4.78 is 34.4. The number of hydrogen-bond donors (Lipinski definition) is 1. The van der Waals surface area contributed by atoms with E-state index in [2.05, 4.69) is 12.1 Å². The van der Waals surface area contributed by atoms with Gasteiger partial charge in [-0.3, -0.25) is 4.55 Å². The quantitative estimate of drug-likeness (QED) is 0.685. The van der Waals surface area contributed by atoms with Crippen LogP contribution in [0.2, 0.25) is 0 Å². The molecule has 0 spiro atoms. The summed E-state index contributed by atoms with van der Waals surface area (Å²) in [7, 11) is -2.82. The van der Waals surface area contributed by atoms with Gasteiger partial charge in [0.1, 0.15) is 10.6 Å². The Bertz CT molecular complexity index is 369. The lowest BCUT2D eigenvalue weighted by Gasteiger charge is -1.99. The minimum absolute atomic E-state index is 0.237. The van der Waals surface area contributed by atoms with Gasteiger partial charge < -0.3 is 4.74 Å². The molecule has 0 fully saturated rings. The van der Waals surface area contributed by atoms with Gasteiger partial charge in [0.15, 0.2) is 0 Å². The SMILES string of the molecule is COc1[c]c[c]c(S(=O)(=O)O)c1. The predicted octanol–water partition coefficient (Wildman–Crippen LogP) is 0.542. The van der Waals surface area contributed by atoms with Crippen molar-refractivity contribution in [1.82, 2.24) is 0 Å². The summed E-state index contributed by atoms with van der Waals surface area (Å²) in [6.07, 6.45) is 0. The average Bonchev–Trinajstić information content (AvgIpc) is 2.03.